The number of nitrogens with one attached hydrogen (secondary N) is 1. The zero-order valence-corrected chi connectivity index (χ0v) is 12.1. The molecule has 1 aromatic carbocycles. The third kappa shape index (κ3) is 3.48. The second-order valence-electron chi connectivity index (χ2n) is 4.26. The van der Waals surface area contributed by atoms with E-state index in [4.69, 9.17) is 0 Å². The van der Waals surface area contributed by atoms with Crippen LogP contribution in [0.25, 0.3) is 0 Å². The topological polar surface area (TPSA) is 64.0 Å². The standard InChI is InChI=1S/C14H15N3O2S/c1-10(18)11-5-3-4-6-12(11)16-13(19)9-20-14-15-7-8-17(14)2/h3-8H,9H2,1-2H3,(H,16,19). The van der Waals surface area contributed by atoms with E-state index in [1.165, 1.54) is 18.7 Å². The summed E-state index contributed by atoms with van der Waals surface area (Å²) >= 11 is 1.35. The first-order valence-corrected chi connectivity index (χ1v) is 7.06. The molecule has 1 amide bonds. The molecule has 5 nitrogen and oxygen atoms in total. The van der Waals surface area contributed by atoms with Gasteiger partial charge in [-0.1, -0.05) is 23.9 Å². The molecule has 0 aliphatic heterocycles. The fraction of sp³-hybridized carbons (Fsp3) is 0.214. The molecule has 1 aromatic heterocycles. The Bertz CT molecular complexity index is 637. The molecule has 2 aromatic rings. The number of imidazole rings is 1. The van der Waals surface area contributed by atoms with Crippen LogP contribution in [-0.4, -0.2) is 27.0 Å². The summed E-state index contributed by atoms with van der Waals surface area (Å²) in [6.07, 6.45) is 3.51. The van der Waals surface area contributed by atoms with E-state index >= 15 is 0 Å². The van der Waals surface area contributed by atoms with Gasteiger partial charge in [0.05, 0.1) is 11.4 Å². The van der Waals surface area contributed by atoms with Crippen LogP contribution in [0.3, 0.4) is 0 Å². The molecule has 0 fully saturated rings. The van der Waals surface area contributed by atoms with E-state index in [-0.39, 0.29) is 17.4 Å². The fourth-order valence-corrected chi connectivity index (χ4v) is 2.44. The average Bonchev–Trinajstić information content (AvgIpc) is 2.82. The maximum atomic E-state index is 11.9. The van der Waals surface area contributed by atoms with Gasteiger partial charge in [-0.2, -0.15) is 0 Å². The highest BCUT2D eigenvalue weighted by atomic mass is 32.2. The Morgan fingerprint density at radius 3 is 2.75 bits per heavy atom. The van der Waals surface area contributed by atoms with Crippen LogP contribution in [0.1, 0.15) is 17.3 Å². The number of hydrogen-bond acceptors (Lipinski definition) is 4. The maximum Gasteiger partial charge on any atom is 0.234 e. The number of carbonyl (C=O) groups is 2. The van der Waals surface area contributed by atoms with Gasteiger partial charge >= 0.3 is 0 Å². The summed E-state index contributed by atoms with van der Waals surface area (Å²) in [6, 6.07) is 6.98. The van der Waals surface area contributed by atoms with Crippen molar-refractivity contribution in [2.45, 2.75) is 12.1 Å². The van der Waals surface area contributed by atoms with Crippen molar-refractivity contribution < 1.29 is 9.59 Å². The number of benzene rings is 1. The smallest absolute Gasteiger partial charge is 0.234 e. The Morgan fingerprint density at radius 2 is 2.10 bits per heavy atom. The fourth-order valence-electron chi connectivity index (χ4n) is 1.71. The number of amides is 1. The van der Waals surface area contributed by atoms with Gasteiger partial charge in [-0.15, -0.1) is 0 Å². The highest BCUT2D eigenvalue weighted by Crippen LogP contribution is 2.18. The van der Waals surface area contributed by atoms with Gasteiger partial charge in [-0.05, 0) is 19.1 Å². The zero-order chi connectivity index (χ0) is 14.5. The zero-order valence-electron chi connectivity index (χ0n) is 11.3. The van der Waals surface area contributed by atoms with E-state index in [2.05, 4.69) is 10.3 Å². The third-order valence-electron chi connectivity index (χ3n) is 2.69. The predicted molar refractivity (Wildman–Crippen MR) is 79.0 cm³/mol. The van der Waals surface area contributed by atoms with E-state index in [0.29, 0.717) is 11.3 Å². The van der Waals surface area contributed by atoms with Gasteiger partial charge in [0.2, 0.25) is 5.91 Å². The molecule has 0 saturated heterocycles. The average molecular weight is 289 g/mol. The number of aromatic nitrogens is 2. The summed E-state index contributed by atoms with van der Waals surface area (Å²) in [6.45, 7) is 1.48. The molecular formula is C14H15N3O2S. The normalized spacial score (nSPS) is 10.3. The molecule has 104 valence electrons. The third-order valence-corrected chi connectivity index (χ3v) is 3.75. The van der Waals surface area contributed by atoms with Gasteiger partial charge in [0.25, 0.3) is 0 Å². The molecule has 0 bridgehead atoms. The molecule has 1 N–H and O–H groups in total. The van der Waals surface area contributed by atoms with Gasteiger partial charge in [0.1, 0.15) is 0 Å². The minimum atomic E-state index is -0.160. The van der Waals surface area contributed by atoms with E-state index in [0.717, 1.165) is 5.16 Å². The summed E-state index contributed by atoms with van der Waals surface area (Å²) in [4.78, 5) is 27.5. The van der Waals surface area contributed by atoms with Gasteiger partial charge in [-0.3, -0.25) is 9.59 Å². The van der Waals surface area contributed by atoms with Crippen LogP contribution < -0.4 is 5.32 Å². The highest BCUT2D eigenvalue weighted by Gasteiger charge is 2.10. The molecule has 0 atom stereocenters. The summed E-state index contributed by atoms with van der Waals surface area (Å²) < 4.78 is 1.85. The largest absolute Gasteiger partial charge is 0.329 e. The van der Waals surface area contributed by atoms with Crippen LogP contribution in [0, 0.1) is 0 Å². The van der Waals surface area contributed by atoms with E-state index < -0.39 is 0 Å². The maximum absolute atomic E-state index is 11.9. The first kappa shape index (κ1) is 14.3. The lowest BCUT2D eigenvalue weighted by Gasteiger charge is -2.08. The van der Waals surface area contributed by atoms with E-state index in [1.54, 1.807) is 30.5 Å². The quantitative estimate of drug-likeness (QED) is 0.678. The van der Waals surface area contributed by atoms with Crippen molar-refractivity contribution in [2.75, 3.05) is 11.1 Å². The molecule has 0 unspecified atom stereocenters. The van der Waals surface area contributed by atoms with Crippen molar-refractivity contribution >= 4 is 29.1 Å². The lowest BCUT2D eigenvalue weighted by atomic mass is 10.1. The van der Waals surface area contributed by atoms with Crippen LogP contribution in [0.15, 0.2) is 41.8 Å². The molecule has 1 heterocycles. The number of anilines is 1. The molecule has 0 aliphatic rings. The van der Waals surface area contributed by atoms with Gasteiger partial charge in [0, 0.05) is 25.0 Å². The van der Waals surface area contributed by atoms with Crippen LogP contribution in [0.5, 0.6) is 0 Å². The van der Waals surface area contributed by atoms with Crippen LogP contribution >= 0.6 is 11.8 Å². The molecule has 20 heavy (non-hydrogen) atoms. The van der Waals surface area contributed by atoms with E-state index in [9.17, 15) is 9.59 Å². The lowest BCUT2D eigenvalue weighted by molar-refractivity contribution is -0.113. The summed E-state index contributed by atoms with van der Waals surface area (Å²) in [5, 5.41) is 3.53. The SMILES string of the molecule is CC(=O)c1ccccc1NC(=O)CSc1nccn1C. The van der Waals surface area contributed by atoms with Gasteiger partial charge in [-0.25, -0.2) is 4.98 Å². The molecule has 6 heteroatoms. The number of nitrogens with zero attached hydrogens (tertiary/aromatic N) is 2. The van der Waals surface area contributed by atoms with Crippen LogP contribution in [0.4, 0.5) is 5.69 Å². The minimum absolute atomic E-state index is 0.0716. The monoisotopic (exact) mass is 289 g/mol. The Morgan fingerprint density at radius 1 is 1.35 bits per heavy atom. The number of thioether (sulfide) groups is 1. The second-order valence-corrected chi connectivity index (χ2v) is 5.20. The summed E-state index contributed by atoms with van der Waals surface area (Å²) in [7, 11) is 1.87. The number of rotatable bonds is 5. The molecule has 2 rings (SSSR count). The number of hydrogen-bond donors (Lipinski definition) is 1. The van der Waals surface area contributed by atoms with Crippen molar-refractivity contribution in [1.82, 2.24) is 9.55 Å². The van der Waals surface area contributed by atoms with Crippen molar-refractivity contribution in [2.24, 2.45) is 7.05 Å². The van der Waals surface area contributed by atoms with Crippen molar-refractivity contribution in [3.05, 3.63) is 42.2 Å². The second kappa shape index (κ2) is 6.38. The lowest BCUT2D eigenvalue weighted by Crippen LogP contribution is -2.16. The minimum Gasteiger partial charge on any atom is -0.329 e. The number of carbonyl (C=O) groups excluding carboxylic acids is 2. The molecule has 0 radical (unpaired) electrons. The highest BCUT2D eigenvalue weighted by molar-refractivity contribution is 7.99. The number of aryl methyl sites for hydroxylation is 1. The number of ketones is 1. The molecule has 0 saturated carbocycles. The first-order chi connectivity index (χ1) is 9.58. The molecule has 0 spiro atoms. The van der Waals surface area contributed by atoms with E-state index in [1.807, 2.05) is 17.8 Å². The van der Waals surface area contributed by atoms with Crippen LogP contribution in [0.2, 0.25) is 0 Å². The Hall–Kier alpha value is -2.08. The number of para-hydroxylation sites is 1. The summed E-state index contributed by atoms with van der Waals surface area (Å²) in [5.74, 6) is 0.0150. The Labute approximate surface area is 121 Å². The predicted octanol–water partition coefficient (Wildman–Crippen LogP) is 2.35. The summed E-state index contributed by atoms with van der Waals surface area (Å²) in [5.41, 5.74) is 1.06. The van der Waals surface area contributed by atoms with Gasteiger partial charge < -0.3 is 9.88 Å². The van der Waals surface area contributed by atoms with Crippen LogP contribution in [-0.2, 0) is 11.8 Å². The van der Waals surface area contributed by atoms with Crippen molar-refractivity contribution in [3.8, 4) is 0 Å². The first-order valence-electron chi connectivity index (χ1n) is 6.08. The Kier molecular flexibility index (Phi) is 4.57. The molecule has 0 aliphatic carbocycles. The Balaban J connectivity index is 1.98. The van der Waals surface area contributed by atoms with Crippen molar-refractivity contribution in [3.63, 3.8) is 0 Å². The molecular weight excluding hydrogens is 274 g/mol. The number of Topliss-reactive ketones (excluding diaryl/α,β-unsaturated/α-hetero) is 1. The van der Waals surface area contributed by atoms with Crippen molar-refractivity contribution in [1.29, 1.82) is 0 Å². The van der Waals surface area contributed by atoms with Gasteiger partial charge in [0.15, 0.2) is 10.9 Å².